The van der Waals surface area contributed by atoms with E-state index < -0.39 is 0 Å². The van der Waals surface area contributed by atoms with E-state index in [1.54, 1.807) is 6.08 Å². The fourth-order valence-corrected chi connectivity index (χ4v) is 1.27. The molecule has 0 fully saturated rings. The van der Waals surface area contributed by atoms with Gasteiger partial charge < -0.3 is 10.5 Å². The molecule has 2 aromatic carbocycles. The maximum Gasteiger partial charge on any atom is 0.0385 e. The molecule has 0 amide bonds. The number of rotatable bonds is 4. The van der Waals surface area contributed by atoms with Crippen molar-refractivity contribution in [1.29, 1.82) is 0 Å². The first-order chi connectivity index (χ1) is 8.86. The predicted molar refractivity (Wildman–Crippen MR) is 76.2 cm³/mol. The van der Waals surface area contributed by atoms with Crippen LogP contribution in [0.15, 0.2) is 73.3 Å². The third-order valence-corrected chi connectivity index (χ3v) is 2.07. The van der Waals surface area contributed by atoms with E-state index in [1.165, 1.54) is 0 Å². The van der Waals surface area contributed by atoms with Crippen LogP contribution in [-0.2, 0) is 0 Å². The van der Waals surface area contributed by atoms with E-state index in [9.17, 15) is 0 Å². The Morgan fingerprint density at radius 2 is 1.33 bits per heavy atom. The number of nitrogens with one attached hydrogen (secondary N) is 2. The molecule has 18 heavy (non-hydrogen) atoms. The number of hydrogen-bond donors (Lipinski definition) is 3. The Kier molecular flexibility index (Phi) is 6.97. The fourth-order valence-electron chi connectivity index (χ4n) is 1.27. The molecule has 3 heteroatoms. The summed E-state index contributed by atoms with van der Waals surface area (Å²) < 4.78 is 0. The van der Waals surface area contributed by atoms with Crippen LogP contribution in [0, 0.1) is 0 Å². The average molecular weight is 242 g/mol. The van der Waals surface area contributed by atoms with Gasteiger partial charge in [0.2, 0.25) is 0 Å². The topological polar surface area (TPSA) is 44.3 Å². The van der Waals surface area contributed by atoms with Crippen molar-refractivity contribution >= 4 is 11.4 Å². The van der Waals surface area contributed by atoms with Gasteiger partial charge in [-0.1, -0.05) is 42.5 Å². The lowest BCUT2D eigenvalue weighted by Crippen LogP contribution is -2.04. The largest absolute Gasteiger partial charge is 0.356 e. The normalized spacial score (nSPS) is 8.94. The van der Waals surface area contributed by atoms with Gasteiger partial charge in [-0.05, 0) is 24.3 Å². The lowest BCUT2D eigenvalue weighted by atomic mass is 10.3. The Bertz CT molecular complexity index is 391. The van der Waals surface area contributed by atoms with Crippen LogP contribution < -0.4 is 10.8 Å². The summed E-state index contributed by atoms with van der Waals surface area (Å²) in [7, 11) is 0. The van der Waals surface area contributed by atoms with E-state index in [0.717, 1.165) is 11.4 Å². The molecule has 0 aromatic heterocycles. The SMILES string of the molecule is C=CCNO.c1ccc(Nc2ccccc2)cc1. The third-order valence-electron chi connectivity index (χ3n) is 2.07. The first-order valence-corrected chi connectivity index (χ1v) is 5.72. The van der Waals surface area contributed by atoms with Crippen LogP contribution in [0.2, 0.25) is 0 Å². The molecular weight excluding hydrogens is 224 g/mol. The number of anilines is 2. The van der Waals surface area contributed by atoms with E-state index in [0.29, 0.717) is 6.54 Å². The van der Waals surface area contributed by atoms with Crippen LogP contribution in [-0.4, -0.2) is 11.8 Å². The second-order valence-corrected chi connectivity index (χ2v) is 3.51. The molecule has 0 atom stereocenters. The highest BCUT2D eigenvalue weighted by atomic mass is 16.5. The minimum absolute atomic E-state index is 0.458. The Morgan fingerprint density at radius 1 is 0.889 bits per heavy atom. The number of benzene rings is 2. The monoisotopic (exact) mass is 242 g/mol. The fraction of sp³-hybridized carbons (Fsp3) is 0.0667. The summed E-state index contributed by atoms with van der Waals surface area (Å²) in [5.74, 6) is 0. The Labute approximate surface area is 108 Å². The summed E-state index contributed by atoms with van der Waals surface area (Å²) in [6.07, 6.45) is 1.57. The molecule has 0 bridgehead atoms. The van der Waals surface area contributed by atoms with Crippen molar-refractivity contribution < 1.29 is 5.21 Å². The molecule has 0 aliphatic carbocycles. The summed E-state index contributed by atoms with van der Waals surface area (Å²) in [6.45, 7) is 3.79. The minimum Gasteiger partial charge on any atom is -0.356 e. The van der Waals surface area contributed by atoms with Crippen molar-refractivity contribution in [1.82, 2.24) is 5.48 Å². The van der Waals surface area contributed by atoms with Gasteiger partial charge in [0, 0.05) is 17.9 Å². The molecule has 2 rings (SSSR count). The van der Waals surface area contributed by atoms with Gasteiger partial charge in [-0.2, -0.15) is 0 Å². The molecule has 0 saturated heterocycles. The Morgan fingerprint density at radius 3 is 1.61 bits per heavy atom. The molecule has 0 unspecified atom stereocenters. The molecule has 0 aliphatic rings. The summed E-state index contributed by atoms with van der Waals surface area (Å²) >= 11 is 0. The van der Waals surface area contributed by atoms with Crippen molar-refractivity contribution in [3.05, 3.63) is 73.3 Å². The molecule has 0 saturated carbocycles. The summed E-state index contributed by atoms with van der Waals surface area (Å²) in [4.78, 5) is 0. The third kappa shape index (κ3) is 5.84. The molecule has 0 spiro atoms. The number of para-hydroxylation sites is 2. The molecule has 0 aliphatic heterocycles. The summed E-state index contributed by atoms with van der Waals surface area (Å²) in [6, 6.07) is 20.3. The zero-order chi connectivity index (χ0) is 13.1. The van der Waals surface area contributed by atoms with E-state index in [2.05, 4.69) is 11.9 Å². The van der Waals surface area contributed by atoms with Crippen LogP contribution in [0.1, 0.15) is 0 Å². The molecular formula is C15H18N2O. The smallest absolute Gasteiger partial charge is 0.0385 e. The average Bonchev–Trinajstić information content (AvgIpc) is 2.43. The standard InChI is InChI=1S/C12H11N.C3H7NO/c1-3-7-11(8-4-1)13-12-9-5-2-6-10-12;1-2-3-4-5/h1-10,13H;2,4-5H,1,3H2. The van der Waals surface area contributed by atoms with Crippen molar-refractivity contribution in [2.45, 2.75) is 0 Å². The Hall–Kier alpha value is -2.10. The number of hydroxylamine groups is 1. The van der Waals surface area contributed by atoms with E-state index in [-0.39, 0.29) is 0 Å². The van der Waals surface area contributed by atoms with E-state index >= 15 is 0 Å². The van der Waals surface area contributed by atoms with Gasteiger partial charge >= 0.3 is 0 Å². The van der Waals surface area contributed by atoms with E-state index in [4.69, 9.17) is 5.21 Å². The van der Waals surface area contributed by atoms with Crippen LogP contribution in [0.25, 0.3) is 0 Å². The molecule has 94 valence electrons. The highest BCUT2D eigenvalue weighted by molar-refractivity contribution is 5.58. The maximum atomic E-state index is 7.74. The van der Waals surface area contributed by atoms with Crippen LogP contribution in [0.5, 0.6) is 0 Å². The molecule has 0 heterocycles. The minimum atomic E-state index is 0.458. The van der Waals surface area contributed by atoms with Gasteiger partial charge in [0.25, 0.3) is 0 Å². The van der Waals surface area contributed by atoms with Gasteiger partial charge in [0.15, 0.2) is 0 Å². The highest BCUT2D eigenvalue weighted by Gasteiger charge is 1.89. The second-order valence-electron chi connectivity index (χ2n) is 3.51. The summed E-state index contributed by atoms with van der Waals surface area (Å²) in [5.41, 5.74) is 4.14. The van der Waals surface area contributed by atoms with Gasteiger partial charge in [0.05, 0.1) is 0 Å². The van der Waals surface area contributed by atoms with Crippen molar-refractivity contribution in [2.24, 2.45) is 0 Å². The van der Waals surface area contributed by atoms with Gasteiger partial charge in [-0.15, -0.1) is 6.58 Å². The van der Waals surface area contributed by atoms with Crippen LogP contribution in [0.3, 0.4) is 0 Å². The first kappa shape index (κ1) is 14.0. The molecule has 3 nitrogen and oxygen atoms in total. The lowest BCUT2D eigenvalue weighted by Gasteiger charge is -2.04. The lowest BCUT2D eigenvalue weighted by molar-refractivity contribution is 0.180. The van der Waals surface area contributed by atoms with Gasteiger partial charge in [-0.25, -0.2) is 5.48 Å². The predicted octanol–water partition coefficient (Wildman–Crippen LogP) is 3.58. The number of hydrogen-bond acceptors (Lipinski definition) is 3. The summed E-state index contributed by atoms with van der Waals surface area (Å²) in [5, 5.41) is 11.0. The zero-order valence-corrected chi connectivity index (χ0v) is 10.2. The van der Waals surface area contributed by atoms with E-state index in [1.807, 2.05) is 66.1 Å². The second kappa shape index (κ2) is 8.98. The van der Waals surface area contributed by atoms with Gasteiger partial charge in [-0.3, -0.25) is 0 Å². The zero-order valence-electron chi connectivity index (χ0n) is 10.2. The quantitative estimate of drug-likeness (QED) is 0.567. The van der Waals surface area contributed by atoms with Crippen molar-refractivity contribution in [2.75, 3.05) is 11.9 Å². The van der Waals surface area contributed by atoms with Crippen LogP contribution >= 0.6 is 0 Å². The molecule has 0 radical (unpaired) electrons. The van der Waals surface area contributed by atoms with Crippen molar-refractivity contribution in [3.63, 3.8) is 0 Å². The molecule has 2 aromatic rings. The van der Waals surface area contributed by atoms with Gasteiger partial charge in [0.1, 0.15) is 0 Å². The van der Waals surface area contributed by atoms with Crippen LogP contribution in [0.4, 0.5) is 11.4 Å². The Balaban J connectivity index is 0.000000280. The molecule has 3 N–H and O–H groups in total. The maximum absolute atomic E-state index is 7.74. The first-order valence-electron chi connectivity index (χ1n) is 5.72. The van der Waals surface area contributed by atoms with Crippen molar-refractivity contribution in [3.8, 4) is 0 Å². The highest BCUT2D eigenvalue weighted by Crippen LogP contribution is 2.14.